The van der Waals surface area contributed by atoms with Crippen molar-refractivity contribution in [2.45, 2.75) is 26.3 Å². The molecule has 18 heavy (non-hydrogen) atoms. The minimum absolute atomic E-state index is 0.0873. The molecule has 106 valence electrons. The molecule has 0 saturated heterocycles. The number of amides is 2. The van der Waals surface area contributed by atoms with Gasteiger partial charge in [0.2, 0.25) is 11.8 Å². The Hall–Kier alpha value is -1.14. The maximum Gasteiger partial charge on any atom is 0.239 e. The quantitative estimate of drug-likeness (QED) is 0.553. The van der Waals surface area contributed by atoms with Crippen LogP contribution in [0.15, 0.2) is 0 Å². The van der Waals surface area contributed by atoms with Gasteiger partial charge in [-0.1, -0.05) is 13.8 Å². The lowest BCUT2D eigenvalue weighted by Gasteiger charge is -2.18. The van der Waals surface area contributed by atoms with Gasteiger partial charge in [-0.15, -0.1) is 0 Å². The molecule has 0 unspecified atom stereocenters. The van der Waals surface area contributed by atoms with E-state index in [0.717, 1.165) is 6.42 Å². The molecule has 0 radical (unpaired) electrons. The van der Waals surface area contributed by atoms with Gasteiger partial charge in [-0.3, -0.25) is 9.59 Å². The third-order valence-electron chi connectivity index (χ3n) is 2.32. The van der Waals surface area contributed by atoms with Gasteiger partial charge in [0.1, 0.15) is 0 Å². The summed E-state index contributed by atoms with van der Waals surface area (Å²) in [6.45, 7) is 5.47. The number of methoxy groups -OCH3 is 1. The highest BCUT2D eigenvalue weighted by atomic mass is 16.5. The van der Waals surface area contributed by atoms with E-state index >= 15 is 0 Å². The van der Waals surface area contributed by atoms with Crippen LogP contribution in [-0.4, -0.2) is 63.2 Å². The lowest BCUT2D eigenvalue weighted by atomic mass is 10.3. The third-order valence-corrected chi connectivity index (χ3v) is 2.32. The molecule has 6 heteroatoms. The number of hydrogen-bond acceptors (Lipinski definition) is 4. The Morgan fingerprint density at radius 3 is 2.56 bits per heavy atom. The minimum Gasteiger partial charge on any atom is -0.385 e. The number of carbonyl (C=O) groups is 2. The number of carbonyl (C=O) groups excluding carboxylic acids is 2. The topological polar surface area (TPSA) is 70.7 Å². The van der Waals surface area contributed by atoms with Crippen molar-refractivity contribution in [2.24, 2.45) is 0 Å². The maximum atomic E-state index is 11.6. The van der Waals surface area contributed by atoms with E-state index in [-0.39, 0.29) is 30.9 Å². The van der Waals surface area contributed by atoms with Crippen LogP contribution in [0.1, 0.15) is 20.3 Å². The van der Waals surface area contributed by atoms with Crippen LogP contribution >= 0.6 is 0 Å². The van der Waals surface area contributed by atoms with Crippen LogP contribution in [0.5, 0.6) is 0 Å². The molecule has 0 saturated carbocycles. The Bertz CT molecular complexity index is 257. The van der Waals surface area contributed by atoms with Gasteiger partial charge >= 0.3 is 0 Å². The minimum atomic E-state index is -0.147. The van der Waals surface area contributed by atoms with Crippen LogP contribution in [0.4, 0.5) is 0 Å². The first-order valence-corrected chi connectivity index (χ1v) is 6.20. The van der Waals surface area contributed by atoms with Gasteiger partial charge in [0.15, 0.2) is 0 Å². The van der Waals surface area contributed by atoms with Crippen molar-refractivity contribution in [1.29, 1.82) is 0 Å². The van der Waals surface area contributed by atoms with Crippen molar-refractivity contribution >= 4 is 11.8 Å². The van der Waals surface area contributed by atoms with Gasteiger partial charge in [-0.2, -0.15) is 0 Å². The summed E-state index contributed by atoms with van der Waals surface area (Å²) >= 11 is 0. The fraction of sp³-hybridized carbons (Fsp3) is 0.833. The molecular formula is C12H25N3O3. The van der Waals surface area contributed by atoms with Gasteiger partial charge in [0.05, 0.1) is 13.1 Å². The summed E-state index contributed by atoms with van der Waals surface area (Å²) in [5.41, 5.74) is 0. The van der Waals surface area contributed by atoms with Crippen molar-refractivity contribution < 1.29 is 14.3 Å². The molecule has 6 nitrogen and oxygen atoms in total. The zero-order valence-corrected chi connectivity index (χ0v) is 11.8. The summed E-state index contributed by atoms with van der Waals surface area (Å²) in [5.74, 6) is -0.234. The zero-order chi connectivity index (χ0) is 14.0. The number of rotatable bonds is 9. The van der Waals surface area contributed by atoms with Gasteiger partial charge in [0, 0.05) is 33.4 Å². The van der Waals surface area contributed by atoms with E-state index in [1.54, 1.807) is 14.2 Å². The highest BCUT2D eigenvalue weighted by molar-refractivity contribution is 5.85. The second-order valence-corrected chi connectivity index (χ2v) is 4.48. The molecule has 2 amide bonds. The first kappa shape index (κ1) is 16.9. The molecule has 0 atom stereocenters. The average Bonchev–Trinajstić information content (AvgIpc) is 2.31. The van der Waals surface area contributed by atoms with E-state index in [1.165, 1.54) is 4.90 Å². The largest absolute Gasteiger partial charge is 0.385 e. The second-order valence-electron chi connectivity index (χ2n) is 4.48. The highest BCUT2D eigenvalue weighted by Crippen LogP contribution is 1.86. The van der Waals surface area contributed by atoms with Crippen molar-refractivity contribution in [2.75, 3.05) is 40.4 Å². The molecule has 0 aromatic carbocycles. The summed E-state index contributed by atoms with van der Waals surface area (Å²) in [7, 11) is 3.25. The van der Waals surface area contributed by atoms with Crippen molar-refractivity contribution in [3.8, 4) is 0 Å². The lowest BCUT2D eigenvalue weighted by molar-refractivity contribution is -0.134. The Morgan fingerprint density at radius 2 is 2.00 bits per heavy atom. The smallest absolute Gasteiger partial charge is 0.239 e. The van der Waals surface area contributed by atoms with Gasteiger partial charge in [-0.05, 0) is 6.42 Å². The van der Waals surface area contributed by atoms with Crippen LogP contribution in [0.2, 0.25) is 0 Å². The summed E-state index contributed by atoms with van der Waals surface area (Å²) in [4.78, 5) is 24.5. The Labute approximate surface area is 109 Å². The molecule has 0 rings (SSSR count). The predicted molar refractivity (Wildman–Crippen MR) is 70.3 cm³/mol. The molecule has 2 N–H and O–H groups in total. The number of hydrogen-bond donors (Lipinski definition) is 2. The molecule has 0 spiro atoms. The van der Waals surface area contributed by atoms with Crippen LogP contribution in [-0.2, 0) is 14.3 Å². The molecule has 0 aliphatic rings. The van der Waals surface area contributed by atoms with E-state index < -0.39 is 0 Å². The summed E-state index contributed by atoms with van der Waals surface area (Å²) < 4.78 is 4.87. The van der Waals surface area contributed by atoms with Crippen molar-refractivity contribution in [3.05, 3.63) is 0 Å². The predicted octanol–water partition coefficient (Wildman–Crippen LogP) is -0.404. The first-order chi connectivity index (χ1) is 8.47. The molecule has 0 bridgehead atoms. The van der Waals surface area contributed by atoms with E-state index in [4.69, 9.17) is 4.74 Å². The number of ether oxygens (including phenoxy) is 1. The fourth-order valence-corrected chi connectivity index (χ4v) is 1.23. The average molecular weight is 259 g/mol. The van der Waals surface area contributed by atoms with Crippen LogP contribution in [0, 0.1) is 0 Å². The molecular weight excluding hydrogens is 234 g/mol. The van der Waals surface area contributed by atoms with Crippen LogP contribution in [0.25, 0.3) is 0 Å². The lowest BCUT2D eigenvalue weighted by Crippen LogP contribution is -2.43. The molecule has 0 aromatic rings. The van der Waals surface area contributed by atoms with Crippen LogP contribution in [0.3, 0.4) is 0 Å². The third kappa shape index (κ3) is 8.95. The van der Waals surface area contributed by atoms with Crippen molar-refractivity contribution in [3.63, 3.8) is 0 Å². The zero-order valence-electron chi connectivity index (χ0n) is 11.8. The van der Waals surface area contributed by atoms with E-state index in [2.05, 4.69) is 10.6 Å². The number of likely N-dealkylation sites (N-methyl/N-ethyl adjacent to an activating group) is 1. The van der Waals surface area contributed by atoms with Crippen molar-refractivity contribution in [1.82, 2.24) is 15.5 Å². The Kier molecular flexibility index (Phi) is 9.22. The monoisotopic (exact) mass is 259 g/mol. The Balaban J connectivity index is 3.74. The van der Waals surface area contributed by atoms with E-state index in [9.17, 15) is 9.59 Å². The van der Waals surface area contributed by atoms with E-state index in [0.29, 0.717) is 13.2 Å². The van der Waals surface area contributed by atoms with E-state index in [1.807, 2.05) is 13.8 Å². The Morgan fingerprint density at radius 1 is 1.33 bits per heavy atom. The van der Waals surface area contributed by atoms with Gasteiger partial charge in [-0.25, -0.2) is 0 Å². The first-order valence-electron chi connectivity index (χ1n) is 6.20. The molecule has 0 fully saturated rings. The molecule has 0 aliphatic heterocycles. The van der Waals surface area contributed by atoms with Gasteiger partial charge < -0.3 is 20.3 Å². The molecule has 0 aromatic heterocycles. The summed E-state index contributed by atoms with van der Waals surface area (Å²) in [6.07, 6.45) is 0.773. The standard InChI is InChI=1S/C12H25N3O3/c1-10(2)14-8-12(17)15(3)9-11(16)13-6-5-7-18-4/h10,14H,5-9H2,1-4H3,(H,13,16). The summed E-state index contributed by atoms with van der Waals surface area (Å²) in [6, 6.07) is 0.255. The highest BCUT2D eigenvalue weighted by Gasteiger charge is 2.12. The van der Waals surface area contributed by atoms with Gasteiger partial charge in [0.25, 0.3) is 0 Å². The SMILES string of the molecule is COCCCNC(=O)CN(C)C(=O)CNC(C)C. The maximum absolute atomic E-state index is 11.6. The number of nitrogens with zero attached hydrogens (tertiary/aromatic N) is 1. The summed E-state index contributed by atoms with van der Waals surface area (Å²) in [5, 5.41) is 5.75. The second kappa shape index (κ2) is 9.85. The number of nitrogens with one attached hydrogen (secondary N) is 2. The molecule has 0 heterocycles. The normalized spacial score (nSPS) is 10.5. The molecule has 0 aliphatic carbocycles. The fourth-order valence-electron chi connectivity index (χ4n) is 1.23. The van der Waals surface area contributed by atoms with Crippen LogP contribution < -0.4 is 10.6 Å².